The van der Waals surface area contributed by atoms with E-state index in [1.807, 2.05) is 36.4 Å². The van der Waals surface area contributed by atoms with Crippen LogP contribution in [0.1, 0.15) is 0 Å². The fourth-order valence-electron chi connectivity index (χ4n) is 5.01. The summed E-state index contributed by atoms with van der Waals surface area (Å²) in [5, 5.41) is 2.77. The van der Waals surface area contributed by atoms with Gasteiger partial charge < -0.3 is 0 Å². The molecule has 6 nitrogen and oxygen atoms in total. The van der Waals surface area contributed by atoms with Crippen LogP contribution in [0.3, 0.4) is 0 Å². The van der Waals surface area contributed by atoms with Crippen molar-refractivity contribution in [2.24, 2.45) is 0 Å². The Bertz CT molecular complexity index is 2110. The molecule has 5 heterocycles. The quantitative estimate of drug-likeness (QED) is 0.210. The van der Waals surface area contributed by atoms with Crippen LogP contribution in [0.5, 0.6) is 0 Å². The van der Waals surface area contributed by atoms with Gasteiger partial charge in [-0.2, -0.15) is 0 Å². The van der Waals surface area contributed by atoms with Gasteiger partial charge in [-0.3, -0.25) is 18.4 Å². The molecule has 3 aromatic carbocycles. The van der Waals surface area contributed by atoms with Gasteiger partial charge in [-0.1, -0.05) is 31.9 Å². The highest BCUT2D eigenvalue weighted by Gasteiger charge is 2.24. The SMILES string of the molecule is O=c1c2ccc3c(=O)n4c5ccc(Br)cc5nc4c4sc(c2c34)c2nc3cc(Br)ccc3n12. The Kier molecular flexibility index (Phi) is 3.25. The molecular weight excluding hydrogens is 568 g/mol. The number of hydrogen-bond acceptors (Lipinski definition) is 5. The van der Waals surface area contributed by atoms with E-state index in [1.54, 1.807) is 20.9 Å². The average Bonchev–Trinajstić information content (AvgIpc) is 3.47. The van der Waals surface area contributed by atoms with Crippen molar-refractivity contribution in [1.29, 1.82) is 0 Å². The van der Waals surface area contributed by atoms with Gasteiger partial charge in [0.05, 0.1) is 31.5 Å². The highest BCUT2D eigenvalue weighted by atomic mass is 79.9. The monoisotopic (exact) mass is 574 g/mol. The van der Waals surface area contributed by atoms with Crippen molar-refractivity contribution in [1.82, 2.24) is 18.8 Å². The zero-order chi connectivity index (χ0) is 22.2. The number of pyridine rings is 2. The summed E-state index contributed by atoms with van der Waals surface area (Å²) >= 11 is 8.53. The van der Waals surface area contributed by atoms with Crippen LogP contribution in [0.4, 0.5) is 0 Å². The second-order valence-electron chi connectivity index (χ2n) is 8.09. The van der Waals surface area contributed by atoms with Gasteiger partial charge in [0.1, 0.15) is 0 Å². The molecule has 0 spiro atoms. The predicted octanol–water partition coefficient (Wildman–Crippen LogP) is 5.93. The molecule has 0 unspecified atom stereocenters. The third-order valence-corrected chi connectivity index (χ3v) is 8.54. The summed E-state index contributed by atoms with van der Waals surface area (Å²) in [6.45, 7) is 0. The summed E-state index contributed by atoms with van der Waals surface area (Å²) in [5.74, 6) is 0. The van der Waals surface area contributed by atoms with Crippen molar-refractivity contribution < 1.29 is 0 Å². The topological polar surface area (TPSA) is 68.7 Å². The van der Waals surface area contributed by atoms with E-state index in [-0.39, 0.29) is 11.1 Å². The van der Waals surface area contributed by atoms with Crippen molar-refractivity contribution >= 4 is 108 Å². The van der Waals surface area contributed by atoms with Gasteiger partial charge in [0.2, 0.25) is 0 Å². The van der Waals surface area contributed by atoms with Crippen LogP contribution < -0.4 is 11.1 Å². The van der Waals surface area contributed by atoms with Gasteiger partial charge in [-0.15, -0.1) is 11.3 Å². The fourth-order valence-corrected chi connectivity index (χ4v) is 7.00. The van der Waals surface area contributed by atoms with Gasteiger partial charge in [0.15, 0.2) is 11.3 Å². The number of aromatic nitrogens is 4. The Morgan fingerprint density at radius 1 is 0.667 bits per heavy atom. The Labute approximate surface area is 203 Å². The molecule has 0 atom stereocenters. The molecule has 9 heteroatoms. The van der Waals surface area contributed by atoms with Gasteiger partial charge in [0.25, 0.3) is 11.1 Å². The summed E-state index contributed by atoms with van der Waals surface area (Å²) in [6, 6.07) is 15.0. The molecule has 0 saturated heterocycles. The second-order valence-corrected chi connectivity index (χ2v) is 10.9. The molecule has 8 rings (SSSR count). The summed E-state index contributed by atoms with van der Waals surface area (Å²) < 4.78 is 6.93. The Morgan fingerprint density at radius 2 is 1.12 bits per heavy atom. The molecule has 0 aliphatic carbocycles. The van der Waals surface area contributed by atoms with Gasteiger partial charge in [0, 0.05) is 30.5 Å². The minimum Gasteiger partial charge on any atom is -0.268 e. The van der Waals surface area contributed by atoms with Crippen molar-refractivity contribution in [3.8, 4) is 0 Å². The molecule has 5 aromatic heterocycles. The number of rotatable bonds is 0. The molecule has 0 fully saturated rings. The van der Waals surface area contributed by atoms with E-state index in [9.17, 15) is 9.59 Å². The van der Waals surface area contributed by atoms with Gasteiger partial charge in [-0.05, 0) is 48.5 Å². The Balaban J connectivity index is 1.72. The summed E-state index contributed by atoms with van der Waals surface area (Å²) in [6.07, 6.45) is 0. The molecule has 0 radical (unpaired) electrons. The first-order chi connectivity index (χ1) is 16.0. The number of halogens is 2. The average molecular weight is 576 g/mol. The lowest BCUT2D eigenvalue weighted by Crippen LogP contribution is -2.15. The molecule has 8 aromatic rings. The summed E-state index contributed by atoms with van der Waals surface area (Å²) in [4.78, 5) is 36.8. The summed E-state index contributed by atoms with van der Waals surface area (Å²) in [7, 11) is 0. The molecule has 156 valence electrons. The zero-order valence-corrected chi connectivity index (χ0v) is 20.4. The molecule has 0 bridgehead atoms. The number of thiophene rings is 1. The summed E-state index contributed by atoms with van der Waals surface area (Å²) in [5.41, 5.74) is 3.97. The molecule has 0 aliphatic rings. The molecule has 0 aliphatic heterocycles. The van der Waals surface area contributed by atoms with E-state index in [4.69, 9.17) is 9.97 Å². The predicted molar refractivity (Wildman–Crippen MR) is 140 cm³/mol. The van der Waals surface area contributed by atoms with Crippen molar-refractivity contribution in [2.75, 3.05) is 0 Å². The van der Waals surface area contributed by atoms with E-state index in [0.29, 0.717) is 22.1 Å². The Morgan fingerprint density at radius 3 is 1.58 bits per heavy atom. The van der Waals surface area contributed by atoms with Crippen molar-refractivity contribution in [3.05, 3.63) is 78.2 Å². The fraction of sp³-hybridized carbons (Fsp3) is 0. The maximum absolute atomic E-state index is 13.6. The van der Waals surface area contributed by atoms with Crippen LogP contribution in [0.25, 0.3) is 64.3 Å². The molecular formula is C24H8Br2N4O2S. The van der Waals surface area contributed by atoms with Crippen LogP contribution in [-0.4, -0.2) is 18.8 Å². The smallest absolute Gasteiger partial charge is 0.264 e. The highest BCUT2D eigenvalue weighted by Crippen LogP contribution is 2.43. The van der Waals surface area contributed by atoms with E-state index in [0.717, 1.165) is 51.2 Å². The van der Waals surface area contributed by atoms with Crippen LogP contribution in [0.15, 0.2) is 67.1 Å². The lowest BCUT2D eigenvalue weighted by atomic mass is 10.0. The molecule has 0 N–H and O–H groups in total. The molecule has 0 saturated carbocycles. The maximum atomic E-state index is 13.6. The van der Waals surface area contributed by atoms with E-state index < -0.39 is 0 Å². The number of hydrogen-bond donors (Lipinski definition) is 0. The third kappa shape index (κ3) is 2.09. The van der Waals surface area contributed by atoms with Crippen LogP contribution in [0, 0.1) is 0 Å². The van der Waals surface area contributed by atoms with Crippen LogP contribution in [0.2, 0.25) is 0 Å². The lowest BCUT2D eigenvalue weighted by molar-refractivity contribution is 1.19. The minimum atomic E-state index is -0.131. The second kappa shape index (κ2) is 5.85. The largest absolute Gasteiger partial charge is 0.268 e. The molecule has 33 heavy (non-hydrogen) atoms. The number of nitrogens with zero attached hydrogens (tertiary/aromatic N) is 4. The normalized spacial score (nSPS) is 12.8. The number of benzene rings is 3. The highest BCUT2D eigenvalue weighted by molar-refractivity contribution is 9.10. The van der Waals surface area contributed by atoms with Crippen molar-refractivity contribution in [2.45, 2.75) is 0 Å². The van der Waals surface area contributed by atoms with E-state index in [1.165, 1.54) is 11.3 Å². The van der Waals surface area contributed by atoms with Gasteiger partial charge in [-0.25, -0.2) is 9.97 Å². The van der Waals surface area contributed by atoms with Gasteiger partial charge >= 0.3 is 0 Å². The molecule has 0 amide bonds. The first-order valence-corrected chi connectivity index (χ1v) is 12.5. The van der Waals surface area contributed by atoms with Crippen molar-refractivity contribution in [3.63, 3.8) is 0 Å². The standard InChI is InChI=1S/C24H8Br2N4O2S/c25-9-1-5-15-13(7-9)27-21-19-17-11(23(31)29(15)21)3-4-12-18(17)20(33-19)22-28-14-8-10(26)2-6-16(14)30(22)24(12)32/h1-8H. The van der Waals surface area contributed by atoms with E-state index >= 15 is 0 Å². The van der Waals surface area contributed by atoms with E-state index in [2.05, 4.69) is 31.9 Å². The Hall–Kier alpha value is -3.14. The first kappa shape index (κ1) is 18.3. The van der Waals surface area contributed by atoms with Crippen LogP contribution in [-0.2, 0) is 0 Å². The number of imidazole rings is 2. The zero-order valence-electron chi connectivity index (χ0n) is 16.4. The third-order valence-electron chi connectivity index (χ3n) is 6.37. The maximum Gasteiger partial charge on any atom is 0.264 e. The minimum absolute atomic E-state index is 0.131. The van der Waals surface area contributed by atoms with Crippen LogP contribution >= 0.6 is 43.2 Å². The first-order valence-electron chi connectivity index (χ1n) is 10.1. The number of fused-ring (bicyclic) bond motifs is 8. The lowest BCUT2D eigenvalue weighted by Gasteiger charge is -2.04.